The molecule has 0 amide bonds. The van der Waals surface area contributed by atoms with E-state index in [1.807, 2.05) is 6.92 Å². The van der Waals surface area contributed by atoms with E-state index in [0.29, 0.717) is 26.4 Å². The summed E-state index contributed by atoms with van der Waals surface area (Å²) < 4.78 is 162. The van der Waals surface area contributed by atoms with Crippen molar-refractivity contribution in [1.29, 1.82) is 0 Å². The molecule has 0 bridgehead atoms. The highest BCUT2D eigenvalue weighted by Gasteiger charge is 2.58. The molecule has 9 saturated heterocycles. The predicted molar refractivity (Wildman–Crippen MR) is 402 cm³/mol. The number of hydrogen-bond acceptors (Lipinski definition) is 47. The fourth-order valence-electron chi connectivity index (χ4n) is 12.5. The molecule has 0 spiro atoms. The molecule has 9 rings (SSSR count). The Hall–Kier alpha value is -6.32. The Labute approximate surface area is 719 Å². The van der Waals surface area contributed by atoms with Gasteiger partial charge in [-0.1, -0.05) is 31.9 Å². The molecule has 0 radical (unpaired) electrons. The maximum atomic E-state index is 11.3. The third kappa shape index (κ3) is 35.8. The standard InChI is InChI=1S/C13H18O9.C13H20O8.C11H15BrO7.C11H18O7.C11H20O6.C9H15BrO5.C5H10O5/c1-6(14)19-10-5-18-13(22-9(4)17)12(21-8(3)16)11(10)20-7(2)15;1-5-17-13(4)20-11-10(19-8(3)15)9(18-7(2)14)6-16-12(11)21-13;1-5(13)17-8-4-16-11(12)10(19-7(3)15)9(8)18-6(2)14;1-6(12)17-10-9(15-4)8(14-3)5-16-11(10)18-7(2)13;1-5-15-11(2)16-9-8(13-4)7(12-3)6-14-10(9)17-11;1-5(11)15-8-7(13-3)6(12-2)4-14-9(8)10;6-2-1-10-5(9)4(8)3(2)7/h10-13H,5H2,1-4H3;9-12H,5-6H2,1-4H3;8-11H,4H2,1-3H3;8-11H,5H2,1-4H3;7-10H,5-6H2,1-4H3;6-9H,4H2,1-3H3;2-9H,1H2/t10-,11+,12-,13?;9-,10+,11-,12?,13?;2*8-,9+,10-,11?;7-,8+,9-,10?,11?;6-,7+,8-,9?;2-,3+,4-,5?/m1111111/s1. The van der Waals surface area contributed by atoms with Crippen molar-refractivity contribution >= 4 is 103 Å². The summed E-state index contributed by atoms with van der Waals surface area (Å²) in [5.41, 5.74) is 0. The van der Waals surface area contributed by atoms with Crippen LogP contribution in [-0.2, 0) is 204 Å². The predicted octanol–water partition coefficient (Wildman–Crippen LogP) is -0.952. The van der Waals surface area contributed by atoms with Gasteiger partial charge in [0.25, 0.3) is 11.9 Å². The van der Waals surface area contributed by atoms with Crippen molar-refractivity contribution < 1.29 is 225 Å². The minimum atomic E-state index is -1.41. The Kier molecular flexibility index (Phi) is 48.6. The van der Waals surface area contributed by atoms with Crippen LogP contribution in [0.15, 0.2) is 0 Å². The zero-order valence-electron chi connectivity index (χ0n) is 71.6. The van der Waals surface area contributed by atoms with Crippen LogP contribution in [0.5, 0.6) is 0 Å². The van der Waals surface area contributed by atoms with Crippen molar-refractivity contribution in [3.63, 3.8) is 0 Å². The van der Waals surface area contributed by atoms with E-state index in [-0.39, 0.29) is 74.5 Å². The molecule has 9 heterocycles. The summed E-state index contributed by atoms with van der Waals surface area (Å²) in [6.45, 7) is 23.3. The first-order valence-corrected chi connectivity index (χ1v) is 39.6. The zero-order valence-corrected chi connectivity index (χ0v) is 74.8. The summed E-state index contributed by atoms with van der Waals surface area (Å²) in [5.74, 6) is -9.11. The van der Waals surface area contributed by atoms with Crippen molar-refractivity contribution in [2.45, 2.75) is 292 Å². The maximum Gasteiger partial charge on any atom is 0.305 e. The van der Waals surface area contributed by atoms with Crippen LogP contribution in [0.3, 0.4) is 0 Å². The Morgan fingerprint density at radius 3 is 0.918 bits per heavy atom. The smallest absolute Gasteiger partial charge is 0.305 e. The topological polar surface area (TPSA) is 572 Å². The number of aliphatic hydroxyl groups is 4. The minimum Gasteiger partial charge on any atom is -0.456 e. The number of halogens is 2. The number of aliphatic hydroxyl groups excluding tert-OH is 4. The van der Waals surface area contributed by atoms with Gasteiger partial charge in [-0.25, -0.2) is 0 Å². The molecule has 30 atom stereocenters. The number of rotatable bonds is 22. The fraction of sp³-hybridized carbons (Fsp3) is 0.836. The SMILES string of the molecule is CC(=O)OC1OC[C@@H](OC(C)=O)[C@H](OC(C)=O)[C@H]1OC(C)=O.CC(=O)O[C@H]1[C@H](OC(C)=O)COC(Br)[C@@H]1OC(C)=O.CCOC1(C)OC2OC[C@@H](OC(C)=O)[C@H](OC(C)=O)[C@H]2O1.CCOC1(C)OC2OC[C@@H](OC)[C@H](OC)[C@H]2O1.CO[C@H]1[C@H](OC)COC(Br)[C@@H]1OC(C)=O.CO[C@H]1[C@H](OC)COC(OC(C)=O)[C@@H]1OC(C)=O.OC1OC[C@@H](O)[C@H](O)[C@H]1O. The molecule has 9 unspecified atom stereocenters. The van der Waals surface area contributed by atoms with Gasteiger partial charge in [0.15, 0.2) is 89.9 Å². The molecule has 0 aliphatic carbocycles. The van der Waals surface area contributed by atoms with E-state index in [1.165, 1.54) is 76.5 Å². The highest BCUT2D eigenvalue weighted by Crippen LogP contribution is 2.40. The van der Waals surface area contributed by atoms with Gasteiger partial charge in [-0.05, 0) is 13.8 Å². The molecule has 49 heteroatoms. The van der Waals surface area contributed by atoms with Crippen LogP contribution in [0.2, 0.25) is 0 Å². The molecule has 0 aromatic heterocycles. The molecule has 9 aliphatic heterocycles. The molecular formula is C73H116Br2O47. The highest BCUT2D eigenvalue weighted by atomic mass is 79.9. The summed E-state index contributed by atoms with van der Waals surface area (Å²) in [6, 6.07) is 0. The number of carbonyl (C=O) groups is 12. The third-order valence-corrected chi connectivity index (χ3v) is 18.8. The number of alkyl halides is 2. The molecule has 9 aliphatic rings. The number of fused-ring (bicyclic) bond motifs is 2. The first-order valence-electron chi connectivity index (χ1n) is 37.7. The Morgan fingerprint density at radius 1 is 0.295 bits per heavy atom. The monoisotopic (exact) mass is 1900 g/mol. The number of hydrogen-bond donors (Lipinski definition) is 4. The van der Waals surface area contributed by atoms with Gasteiger partial charge in [0.05, 0.1) is 46.2 Å². The normalized spacial score (nSPS) is 35.9. The van der Waals surface area contributed by atoms with E-state index < -0.39 is 212 Å². The quantitative estimate of drug-likeness (QED) is 0.0576. The molecular weight excluding hydrogens is 1790 g/mol. The van der Waals surface area contributed by atoms with Crippen LogP contribution in [-0.4, -0.2) is 376 Å². The number of carbonyl (C=O) groups excluding carboxylic acids is 12. The summed E-state index contributed by atoms with van der Waals surface area (Å²) in [4.78, 5) is 133. The average molecular weight is 1910 g/mol. The van der Waals surface area contributed by atoms with Crippen LogP contribution >= 0.6 is 31.9 Å². The lowest BCUT2D eigenvalue weighted by Gasteiger charge is -2.39. The second-order valence-electron chi connectivity index (χ2n) is 27.0. The van der Waals surface area contributed by atoms with Gasteiger partial charge in [0, 0.05) is 153 Å². The molecule has 122 heavy (non-hydrogen) atoms. The van der Waals surface area contributed by atoms with Crippen LogP contribution in [0.25, 0.3) is 0 Å². The number of ether oxygens (including phenoxy) is 31. The molecule has 0 aromatic carbocycles. The number of esters is 12. The third-order valence-electron chi connectivity index (χ3n) is 17.3. The lowest BCUT2D eigenvalue weighted by molar-refractivity contribution is -0.340. The van der Waals surface area contributed by atoms with E-state index in [9.17, 15) is 57.5 Å². The Morgan fingerprint density at radius 2 is 0.566 bits per heavy atom. The van der Waals surface area contributed by atoms with E-state index in [4.69, 9.17) is 163 Å². The van der Waals surface area contributed by atoms with Gasteiger partial charge in [-0.15, -0.1) is 0 Å². The second kappa shape index (κ2) is 54.0. The van der Waals surface area contributed by atoms with Crippen molar-refractivity contribution in [3.05, 3.63) is 0 Å². The molecule has 9 fully saturated rings. The van der Waals surface area contributed by atoms with Crippen molar-refractivity contribution in [1.82, 2.24) is 0 Å². The zero-order chi connectivity index (χ0) is 92.4. The fourth-order valence-corrected chi connectivity index (χ4v) is 13.6. The lowest BCUT2D eigenvalue weighted by atomic mass is 10.0. The molecule has 4 N–H and O–H groups in total. The van der Waals surface area contributed by atoms with Gasteiger partial charge in [0.2, 0.25) is 18.7 Å². The molecule has 0 saturated carbocycles. The highest BCUT2D eigenvalue weighted by molar-refractivity contribution is 9.09. The molecule has 704 valence electrons. The summed E-state index contributed by atoms with van der Waals surface area (Å²) in [7, 11) is 9.33. The van der Waals surface area contributed by atoms with E-state index in [2.05, 4.69) is 36.6 Å². The van der Waals surface area contributed by atoms with Gasteiger partial charge in [-0.3, -0.25) is 67.0 Å². The Bertz CT molecular complexity index is 3230. The van der Waals surface area contributed by atoms with Gasteiger partial charge >= 0.3 is 71.6 Å². The molecule has 0 aromatic rings. The van der Waals surface area contributed by atoms with Crippen LogP contribution < -0.4 is 0 Å². The van der Waals surface area contributed by atoms with Crippen molar-refractivity contribution in [3.8, 4) is 0 Å². The van der Waals surface area contributed by atoms with E-state index in [0.717, 1.165) is 20.8 Å². The van der Waals surface area contributed by atoms with Crippen LogP contribution in [0.4, 0.5) is 0 Å². The first kappa shape index (κ1) is 110. The summed E-state index contributed by atoms with van der Waals surface area (Å²) in [5, 5.41) is 34.2. The van der Waals surface area contributed by atoms with Crippen molar-refractivity contribution in [2.24, 2.45) is 0 Å². The summed E-state index contributed by atoms with van der Waals surface area (Å²) in [6.07, 6.45) is -20.6. The van der Waals surface area contributed by atoms with Gasteiger partial charge in [-0.2, -0.15) is 0 Å². The lowest BCUT2D eigenvalue weighted by Crippen LogP contribution is -2.58. The van der Waals surface area contributed by atoms with Crippen molar-refractivity contribution in [2.75, 3.05) is 102 Å². The largest absolute Gasteiger partial charge is 0.456 e. The molecule has 47 nitrogen and oxygen atoms in total. The van der Waals surface area contributed by atoms with E-state index in [1.54, 1.807) is 49.2 Å². The average Bonchev–Trinajstić information content (AvgIpc) is 1.63. The van der Waals surface area contributed by atoms with E-state index >= 15 is 0 Å². The van der Waals surface area contributed by atoms with Gasteiger partial charge in [0.1, 0.15) is 61.0 Å². The minimum absolute atomic E-state index is 0.0329. The van der Waals surface area contributed by atoms with Crippen LogP contribution in [0, 0.1) is 0 Å². The van der Waals surface area contributed by atoms with Crippen LogP contribution in [0.1, 0.15) is 111 Å². The first-order chi connectivity index (χ1) is 57.2. The Balaban J connectivity index is 0.000000371. The second-order valence-corrected chi connectivity index (χ2v) is 28.8. The van der Waals surface area contributed by atoms with Gasteiger partial charge < -0.3 is 158 Å². The summed E-state index contributed by atoms with van der Waals surface area (Å²) >= 11 is 6.46. The maximum absolute atomic E-state index is 11.3. The number of methoxy groups -OCH3 is 6.